The van der Waals surface area contributed by atoms with Crippen molar-refractivity contribution >= 4 is 33.3 Å². The summed E-state index contributed by atoms with van der Waals surface area (Å²) >= 11 is 1.45. The molecule has 0 aromatic carbocycles. The zero-order chi connectivity index (χ0) is 14.9. The Morgan fingerprint density at radius 2 is 2.30 bits per heavy atom. The molecule has 110 valence electrons. The minimum atomic E-state index is -3.44. The minimum Gasteiger partial charge on any atom is -0.381 e. The molecule has 1 aromatic rings. The number of aromatic nitrogens is 1. The van der Waals surface area contributed by atoms with E-state index in [-0.39, 0.29) is 23.7 Å². The van der Waals surface area contributed by atoms with Gasteiger partial charge in [-0.05, 0) is 6.07 Å². The first-order valence-corrected chi connectivity index (χ1v) is 8.91. The first kappa shape index (κ1) is 15.0. The summed E-state index contributed by atoms with van der Waals surface area (Å²) in [4.78, 5) is 17.1. The van der Waals surface area contributed by atoms with Gasteiger partial charge in [-0.15, -0.1) is 0 Å². The molecular weight excluding hydrogens is 305 g/mol. The molecule has 0 saturated carbocycles. The molecule has 1 fully saturated rings. The molecule has 2 N–H and O–H groups in total. The second-order valence-corrected chi connectivity index (χ2v) is 7.77. The number of amides is 1. The van der Waals surface area contributed by atoms with Gasteiger partial charge in [0, 0.05) is 30.5 Å². The molecule has 1 atom stereocenters. The van der Waals surface area contributed by atoms with Gasteiger partial charge in [-0.1, -0.05) is 0 Å². The summed E-state index contributed by atoms with van der Waals surface area (Å²) in [6.45, 7) is 0.253. The quantitative estimate of drug-likeness (QED) is 0.846. The zero-order valence-corrected chi connectivity index (χ0v) is 12.4. The molecule has 0 spiro atoms. The van der Waals surface area contributed by atoms with Gasteiger partial charge in [0.05, 0.1) is 5.56 Å². The molecule has 1 saturated heterocycles. The third-order valence-corrected chi connectivity index (χ3v) is 5.63. The molecule has 2 rings (SSSR count). The summed E-state index contributed by atoms with van der Waals surface area (Å²) < 4.78 is 37.3. The van der Waals surface area contributed by atoms with Gasteiger partial charge in [0.25, 0.3) is 5.91 Å². The number of carbonyl (C=O) groups excluding carboxylic acids is 1. The van der Waals surface area contributed by atoms with Gasteiger partial charge in [0.15, 0.2) is 21.5 Å². The Bertz CT molecular complexity index is 636. The van der Waals surface area contributed by atoms with Gasteiger partial charge in [-0.3, -0.25) is 4.79 Å². The molecule has 20 heavy (non-hydrogen) atoms. The van der Waals surface area contributed by atoms with Crippen LogP contribution in [0.5, 0.6) is 0 Å². The van der Waals surface area contributed by atoms with E-state index in [1.807, 2.05) is 0 Å². The maximum absolute atomic E-state index is 13.8. The molecule has 1 aliphatic heterocycles. The lowest BCUT2D eigenvalue weighted by molar-refractivity contribution is 0.0745. The lowest BCUT2D eigenvalue weighted by atomic mass is 10.2. The number of sulfone groups is 1. The van der Waals surface area contributed by atoms with Gasteiger partial charge in [-0.2, -0.15) is 11.8 Å². The van der Waals surface area contributed by atoms with Gasteiger partial charge in [0.2, 0.25) is 0 Å². The molecule has 1 unspecified atom stereocenters. The summed E-state index contributed by atoms with van der Waals surface area (Å²) in [7, 11) is -3.44. The van der Waals surface area contributed by atoms with Crippen molar-refractivity contribution in [2.24, 2.45) is 0 Å². The van der Waals surface area contributed by atoms with Crippen LogP contribution in [0.15, 0.2) is 12.3 Å². The van der Waals surface area contributed by atoms with Crippen molar-refractivity contribution < 1.29 is 17.6 Å². The van der Waals surface area contributed by atoms with E-state index in [0.29, 0.717) is 5.75 Å². The standard InChI is InChI=1S/C11H14FN3O3S2/c1-20(17,18)8-6-19-5-4-15(8)11(16)7-2-3-14-10(13)9(7)12/h2-3,8H,4-6H2,1H3,(H2,13,14). The molecule has 0 radical (unpaired) electrons. The number of anilines is 1. The Kier molecular flexibility index (Phi) is 4.19. The number of halogens is 1. The zero-order valence-electron chi connectivity index (χ0n) is 10.7. The monoisotopic (exact) mass is 319 g/mol. The Labute approximate surface area is 120 Å². The number of nitrogen functional groups attached to an aromatic ring is 1. The van der Waals surface area contributed by atoms with Gasteiger partial charge >= 0.3 is 0 Å². The van der Waals surface area contributed by atoms with E-state index < -0.39 is 26.9 Å². The third kappa shape index (κ3) is 2.88. The highest BCUT2D eigenvalue weighted by molar-refractivity contribution is 8.00. The molecule has 1 aromatic heterocycles. The molecule has 9 heteroatoms. The number of pyridine rings is 1. The number of nitrogens with two attached hydrogens (primary N) is 1. The SMILES string of the molecule is CS(=O)(=O)C1CSCCN1C(=O)c1ccnc(N)c1F. The highest BCUT2D eigenvalue weighted by Gasteiger charge is 2.35. The van der Waals surface area contributed by atoms with E-state index in [4.69, 9.17) is 5.73 Å². The first-order valence-electron chi connectivity index (χ1n) is 5.80. The normalized spacial score (nSPS) is 19.9. The van der Waals surface area contributed by atoms with E-state index in [1.54, 1.807) is 0 Å². The Morgan fingerprint density at radius 1 is 1.60 bits per heavy atom. The van der Waals surface area contributed by atoms with Crippen molar-refractivity contribution in [1.82, 2.24) is 9.88 Å². The molecule has 1 aliphatic rings. The van der Waals surface area contributed by atoms with Crippen molar-refractivity contribution in [1.29, 1.82) is 0 Å². The van der Waals surface area contributed by atoms with Crippen LogP contribution in [0.25, 0.3) is 0 Å². The van der Waals surface area contributed by atoms with Crippen molar-refractivity contribution in [2.45, 2.75) is 5.37 Å². The minimum absolute atomic E-state index is 0.252. The highest BCUT2D eigenvalue weighted by atomic mass is 32.2. The summed E-state index contributed by atoms with van der Waals surface area (Å²) in [6, 6.07) is 1.20. The number of hydrogen-bond donors (Lipinski definition) is 1. The third-order valence-electron chi connectivity index (χ3n) is 2.99. The molecule has 1 amide bonds. The van der Waals surface area contributed by atoms with Crippen LogP contribution >= 0.6 is 11.8 Å². The van der Waals surface area contributed by atoms with Crippen molar-refractivity contribution in [3.63, 3.8) is 0 Å². The predicted molar refractivity (Wildman–Crippen MR) is 75.6 cm³/mol. The van der Waals surface area contributed by atoms with Crippen LogP contribution in [0, 0.1) is 5.82 Å². The second-order valence-electron chi connectivity index (χ2n) is 4.42. The van der Waals surface area contributed by atoms with Gasteiger partial charge < -0.3 is 10.6 Å². The topological polar surface area (TPSA) is 93.4 Å². The Balaban J connectivity index is 2.38. The van der Waals surface area contributed by atoms with Crippen LogP contribution < -0.4 is 5.73 Å². The summed E-state index contributed by atoms with van der Waals surface area (Å²) in [6.07, 6.45) is 2.29. The van der Waals surface area contributed by atoms with Crippen LogP contribution in [0.2, 0.25) is 0 Å². The van der Waals surface area contributed by atoms with Crippen LogP contribution in [0.4, 0.5) is 10.2 Å². The van der Waals surface area contributed by atoms with E-state index in [2.05, 4.69) is 4.98 Å². The molecule has 0 bridgehead atoms. The number of carbonyl (C=O) groups is 1. The van der Waals surface area contributed by atoms with E-state index in [9.17, 15) is 17.6 Å². The maximum Gasteiger partial charge on any atom is 0.258 e. The van der Waals surface area contributed by atoms with Crippen molar-refractivity contribution in [2.75, 3.05) is 30.0 Å². The van der Waals surface area contributed by atoms with E-state index in [1.165, 1.54) is 28.9 Å². The van der Waals surface area contributed by atoms with Crippen molar-refractivity contribution in [3.8, 4) is 0 Å². The highest BCUT2D eigenvalue weighted by Crippen LogP contribution is 2.24. The van der Waals surface area contributed by atoms with Crippen LogP contribution in [0.1, 0.15) is 10.4 Å². The summed E-state index contributed by atoms with van der Waals surface area (Å²) in [5.41, 5.74) is 5.08. The van der Waals surface area contributed by atoms with Gasteiger partial charge in [0.1, 0.15) is 5.37 Å². The number of thioether (sulfide) groups is 1. The van der Waals surface area contributed by atoms with Crippen LogP contribution in [-0.2, 0) is 9.84 Å². The molecular formula is C11H14FN3O3S2. The van der Waals surface area contributed by atoms with E-state index in [0.717, 1.165) is 6.26 Å². The number of nitrogens with zero attached hydrogens (tertiary/aromatic N) is 2. The second kappa shape index (κ2) is 5.57. The smallest absolute Gasteiger partial charge is 0.258 e. The lowest BCUT2D eigenvalue weighted by Crippen LogP contribution is -2.50. The first-order chi connectivity index (χ1) is 9.32. The molecule has 2 heterocycles. The molecule has 0 aliphatic carbocycles. The Morgan fingerprint density at radius 3 is 2.95 bits per heavy atom. The van der Waals surface area contributed by atoms with Crippen molar-refractivity contribution in [3.05, 3.63) is 23.6 Å². The molecule has 6 nitrogen and oxygen atoms in total. The fourth-order valence-corrected chi connectivity index (χ4v) is 4.76. The number of hydrogen-bond acceptors (Lipinski definition) is 6. The largest absolute Gasteiger partial charge is 0.381 e. The summed E-state index contributed by atoms with van der Waals surface area (Å²) in [5.74, 6) is -1.07. The number of rotatable bonds is 2. The average Bonchev–Trinajstić information content (AvgIpc) is 2.40. The summed E-state index contributed by atoms with van der Waals surface area (Å²) in [5, 5.41) is -0.942. The Hall–Kier alpha value is -1.35. The van der Waals surface area contributed by atoms with Gasteiger partial charge in [-0.25, -0.2) is 17.8 Å². The fraction of sp³-hybridized carbons (Fsp3) is 0.455. The average molecular weight is 319 g/mol. The predicted octanol–water partition coefficient (Wildman–Crippen LogP) is 0.363. The van der Waals surface area contributed by atoms with E-state index >= 15 is 0 Å². The fourth-order valence-electron chi connectivity index (χ4n) is 1.95. The van der Waals surface area contributed by atoms with Crippen LogP contribution in [0.3, 0.4) is 0 Å². The van der Waals surface area contributed by atoms with Crippen LogP contribution in [-0.4, -0.2) is 53.9 Å². The lowest BCUT2D eigenvalue weighted by Gasteiger charge is -2.34. The maximum atomic E-state index is 13.8.